The molecule has 1 heterocycles. The van der Waals surface area contributed by atoms with Gasteiger partial charge < -0.3 is 10.1 Å². The largest absolute Gasteiger partial charge is 0.466 e. The van der Waals surface area contributed by atoms with E-state index in [1.54, 1.807) is 0 Å². The Morgan fingerprint density at radius 3 is 2.91 bits per heavy atom. The summed E-state index contributed by atoms with van der Waals surface area (Å²) in [5.74, 6) is -0.308. The van der Waals surface area contributed by atoms with E-state index >= 15 is 0 Å². The first-order valence-electron chi connectivity index (χ1n) is 7.53. The summed E-state index contributed by atoms with van der Waals surface area (Å²) in [6, 6.07) is 7.67. The van der Waals surface area contributed by atoms with Crippen LogP contribution in [0.2, 0.25) is 0 Å². The van der Waals surface area contributed by atoms with E-state index in [9.17, 15) is 9.59 Å². The Balaban J connectivity index is 1.86. The smallest absolute Gasteiger partial charge is 0.310 e. The molecule has 1 aliphatic heterocycles. The zero-order valence-corrected chi connectivity index (χ0v) is 14.8. The standard InChI is InChI=1S/C16H21IN2O3/c1-2-22-16(21)12-6-5-9-19(10-12)11-15(20)18-14-8-4-3-7-13(14)17/h3-4,7-8,12H,2,5-6,9-11H2,1H3,(H,18,20)/t12-/m1/s1. The lowest BCUT2D eigenvalue weighted by Crippen LogP contribution is -2.43. The summed E-state index contributed by atoms with van der Waals surface area (Å²) in [6.07, 6.45) is 1.76. The number of carbonyl (C=O) groups is 2. The Morgan fingerprint density at radius 2 is 2.18 bits per heavy atom. The SMILES string of the molecule is CCOC(=O)[C@@H]1CCCN(CC(=O)Nc2ccccc2I)C1. The molecule has 2 rings (SSSR count). The molecule has 1 aromatic rings. The van der Waals surface area contributed by atoms with Crippen LogP contribution in [0.1, 0.15) is 19.8 Å². The summed E-state index contributed by atoms with van der Waals surface area (Å²) < 4.78 is 6.09. The van der Waals surface area contributed by atoms with Crippen molar-refractivity contribution < 1.29 is 14.3 Å². The van der Waals surface area contributed by atoms with Gasteiger partial charge in [-0.1, -0.05) is 12.1 Å². The molecule has 0 saturated carbocycles. The Kier molecular flexibility index (Phi) is 6.63. The van der Waals surface area contributed by atoms with Gasteiger partial charge in [0.15, 0.2) is 0 Å². The number of likely N-dealkylation sites (tertiary alicyclic amines) is 1. The van der Waals surface area contributed by atoms with Crippen LogP contribution in [-0.4, -0.2) is 43.0 Å². The van der Waals surface area contributed by atoms with Crippen LogP contribution in [0.15, 0.2) is 24.3 Å². The topological polar surface area (TPSA) is 58.6 Å². The fraction of sp³-hybridized carbons (Fsp3) is 0.500. The molecule has 1 aliphatic rings. The van der Waals surface area contributed by atoms with Crippen molar-refractivity contribution in [1.29, 1.82) is 0 Å². The van der Waals surface area contributed by atoms with Gasteiger partial charge in [-0.3, -0.25) is 14.5 Å². The highest BCUT2D eigenvalue weighted by Gasteiger charge is 2.27. The van der Waals surface area contributed by atoms with Crippen molar-refractivity contribution >= 4 is 40.2 Å². The summed E-state index contributed by atoms with van der Waals surface area (Å²) in [5.41, 5.74) is 0.826. The second-order valence-electron chi connectivity index (χ2n) is 5.35. The number of piperidine rings is 1. The number of anilines is 1. The zero-order valence-electron chi connectivity index (χ0n) is 12.7. The summed E-state index contributed by atoms with van der Waals surface area (Å²) >= 11 is 2.20. The van der Waals surface area contributed by atoms with Crippen molar-refractivity contribution in [3.05, 3.63) is 27.8 Å². The monoisotopic (exact) mass is 416 g/mol. The number of nitrogens with one attached hydrogen (secondary N) is 1. The van der Waals surface area contributed by atoms with Gasteiger partial charge >= 0.3 is 5.97 Å². The molecule has 1 fully saturated rings. The Morgan fingerprint density at radius 1 is 1.41 bits per heavy atom. The predicted molar refractivity (Wildman–Crippen MR) is 93.6 cm³/mol. The highest BCUT2D eigenvalue weighted by Crippen LogP contribution is 2.19. The highest BCUT2D eigenvalue weighted by atomic mass is 127. The number of hydrogen-bond acceptors (Lipinski definition) is 4. The van der Waals surface area contributed by atoms with Crippen LogP contribution in [0.5, 0.6) is 0 Å². The van der Waals surface area contributed by atoms with Gasteiger partial charge in [-0.2, -0.15) is 0 Å². The van der Waals surface area contributed by atoms with Gasteiger partial charge in [-0.25, -0.2) is 0 Å². The van der Waals surface area contributed by atoms with Gasteiger partial charge in [-0.15, -0.1) is 0 Å². The van der Waals surface area contributed by atoms with Crippen LogP contribution in [0.3, 0.4) is 0 Å². The molecule has 120 valence electrons. The van der Waals surface area contributed by atoms with Gasteiger partial charge in [0.2, 0.25) is 5.91 Å². The fourth-order valence-electron chi connectivity index (χ4n) is 2.61. The van der Waals surface area contributed by atoms with E-state index < -0.39 is 0 Å². The molecule has 1 aromatic carbocycles. The second kappa shape index (κ2) is 8.47. The molecule has 1 N–H and O–H groups in total. The summed E-state index contributed by atoms with van der Waals surface area (Å²) in [4.78, 5) is 26.0. The zero-order chi connectivity index (χ0) is 15.9. The van der Waals surface area contributed by atoms with Gasteiger partial charge in [-0.05, 0) is 61.0 Å². The summed E-state index contributed by atoms with van der Waals surface area (Å²) in [7, 11) is 0. The number of hydrogen-bond donors (Lipinski definition) is 1. The molecule has 0 radical (unpaired) electrons. The number of nitrogens with zero attached hydrogens (tertiary/aromatic N) is 1. The van der Waals surface area contributed by atoms with E-state index in [4.69, 9.17) is 4.74 Å². The van der Waals surface area contributed by atoms with E-state index in [-0.39, 0.29) is 17.8 Å². The maximum Gasteiger partial charge on any atom is 0.310 e. The van der Waals surface area contributed by atoms with Gasteiger partial charge in [0.1, 0.15) is 0 Å². The van der Waals surface area contributed by atoms with Crippen LogP contribution >= 0.6 is 22.6 Å². The molecule has 22 heavy (non-hydrogen) atoms. The normalized spacial score (nSPS) is 18.7. The minimum Gasteiger partial charge on any atom is -0.466 e. The number of amides is 1. The van der Waals surface area contributed by atoms with Crippen molar-refractivity contribution in [3.8, 4) is 0 Å². The maximum atomic E-state index is 12.2. The van der Waals surface area contributed by atoms with Crippen LogP contribution in [-0.2, 0) is 14.3 Å². The van der Waals surface area contributed by atoms with Crippen molar-refractivity contribution in [2.75, 3.05) is 31.6 Å². The molecule has 0 aliphatic carbocycles. The third kappa shape index (κ3) is 4.95. The molecule has 5 nitrogen and oxygen atoms in total. The molecule has 1 atom stereocenters. The van der Waals surface area contributed by atoms with E-state index in [1.165, 1.54) is 0 Å². The van der Waals surface area contributed by atoms with Crippen molar-refractivity contribution in [3.63, 3.8) is 0 Å². The highest BCUT2D eigenvalue weighted by molar-refractivity contribution is 14.1. The Labute approximate surface area is 144 Å². The van der Waals surface area contributed by atoms with Gasteiger partial charge in [0, 0.05) is 10.1 Å². The molecule has 0 unspecified atom stereocenters. The molecular formula is C16H21IN2O3. The lowest BCUT2D eigenvalue weighted by molar-refractivity contribution is -0.150. The minimum atomic E-state index is -0.148. The van der Waals surface area contributed by atoms with E-state index in [0.29, 0.717) is 19.7 Å². The van der Waals surface area contributed by atoms with Crippen LogP contribution < -0.4 is 5.32 Å². The number of ether oxygens (including phenoxy) is 1. The van der Waals surface area contributed by atoms with Crippen LogP contribution in [0.25, 0.3) is 0 Å². The van der Waals surface area contributed by atoms with Crippen molar-refractivity contribution in [1.82, 2.24) is 4.90 Å². The number of halogens is 1. The van der Waals surface area contributed by atoms with E-state index in [2.05, 4.69) is 27.9 Å². The third-order valence-corrected chi connectivity index (χ3v) is 4.58. The quantitative estimate of drug-likeness (QED) is 0.592. The molecule has 0 spiro atoms. The molecule has 0 aromatic heterocycles. The number of rotatable bonds is 5. The van der Waals surface area contributed by atoms with Crippen molar-refractivity contribution in [2.24, 2.45) is 5.92 Å². The third-order valence-electron chi connectivity index (χ3n) is 3.64. The number of carbonyl (C=O) groups excluding carboxylic acids is 2. The second-order valence-corrected chi connectivity index (χ2v) is 6.52. The van der Waals surface area contributed by atoms with Gasteiger partial charge in [0.25, 0.3) is 0 Å². The minimum absolute atomic E-state index is 0.0476. The first-order valence-corrected chi connectivity index (χ1v) is 8.61. The summed E-state index contributed by atoms with van der Waals surface area (Å²) in [6.45, 7) is 3.96. The lowest BCUT2D eigenvalue weighted by Gasteiger charge is -2.30. The van der Waals surface area contributed by atoms with E-state index in [0.717, 1.165) is 28.6 Å². The predicted octanol–water partition coefficient (Wildman–Crippen LogP) is 2.50. The number of benzene rings is 1. The molecule has 0 bridgehead atoms. The van der Waals surface area contributed by atoms with Crippen LogP contribution in [0, 0.1) is 9.49 Å². The van der Waals surface area contributed by atoms with E-state index in [1.807, 2.05) is 36.1 Å². The maximum absolute atomic E-state index is 12.2. The van der Waals surface area contributed by atoms with Crippen LogP contribution in [0.4, 0.5) is 5.69 Å². The fourth-order valence-corrected chi connectivity index (χ4v) is 3.13. The molecular weight excluding hydrogens is 395 g/mol. The summed E-state index contributed by atoms with van der Waals surface area (Å²) in [5, 5.41) is 2.92. The molecule has 1 amide bonds. The Hall–Kier alpha value is -1.15. The first-order chi connectivity index (χ1) is 10.6. The number of para-hydroxylation sites is 1. The lowest BCUT2D eigenvalue weighted by atomic mass is 9.98. The average molecular weight is 416 g/mol. The Bertz CT molecular complexity index is 536. The first kappa shape index (κ1) is 17.2. The van der Waals surface area contributed by atoms with Crippen molar-refractivity contribution in [2.45, 2.75) is 19.8 Å². The number of esters is 1. The average Bonchev–Trinajstić information content (AvgIpc) is 2.50. The molecule has 6 heteroatoms. The molecule has 1 saturated heterocycles. The van der Waals surface area contributed by atoms with Gasteiger partial charge in [0.05, 0.1) is 24.8 Å².